The number of aryl methyl sites for hydroxylation is 1. The van der Waals surface area contributed by atoms with E-state index in [0.29, 0.717) is 34.6 Å². The Labute approximate surface area is 204 Å². The quantitative estimate of drug-likeness (QED) is 0.327. The summed E-state index contributed by atoms with van der Waals surface area (Å²) >= 11 is 0. The number of pyridine rings is 1. The SMILES string of the molecule is C[C@@H](C(=O)Nc1cc2n(n1)CCC2c1cc(F)cc(F)c1)N1CCC(F)(F)[C@@H](c2cc[n+]([O-])cc2)C1. The lowest BCUT2D eigenvalue weighted by Crippen LogP contribution is -2.52. The van der Waals surface area contributed by atoms with Crippen molar-refractivity contribution in [3.8, 4) is 0 Å². The second kappa shape index (κ2) is 9.20. The zero-order valence-electron chi connectivity index (χ0n) is 19.5. The van der Waals surface area contributed by atoms with Crippen molar-refractivity contribution in [1.29, 1.82) is 0 Å². The number of likely N-dealkylation sites (tertiary alicyclic amines) is 1. The number of hydrogen-bond acceptors (Lipinski definition) is 4. The summed E-state index contributed by atoms with van der Waals surface area (Å²) in [6.07, 6.45) is 2.59. The zero-order chi connectivity index (χ0) is 25.6. The summed E-state index contributed by atoms with van der Waals surface area (Å²) in [5.41, 5.74) is 1.58. The van der Waals surface area contributed by atoms with Crippen molar-refractivity contribution in [1.82, 2.24) is 14.7 Å². The normalized spacial score (nSPS) is 22.2. The van der Waals surface area contributed by atoms with Crippen LogP contribution in [0.2, 0.25) is 0 Å². The van der Waals surface area contributed by atoms with Gasteiger partial charge in [-0.2, -0.15) is 9.83 Å². The topological polar surface area (TPSA) is 77.1 Å². The molecule has 190 valence electrons. The fraction of sp³-hybridized carbons (Fsp3) is 0.400. The van der Waals surface area contributed by atoms with Crippen LogP contribution in [0.25, 0.3) is 0 Å². The molecular formula is C25H25F4N5O2. The van der Waals surface area contributed by atoms with Gasteiger partial charge < -0.3 is 10.5 Å². The van der Waals surface area contributed by atoms with E-state index in [0.717, 1.165) is 11.8 Å². The molecule has 4 heterocycles. The van der Waals surface area contributed by atoms with Crippen molar-refractivity contribution < 1.29 is 27.1 Å². The van der Waals surface area contributed by atoms with Gasteiger partial charge in [0, 0.05) is 61.9 Å². The van der Waals surface area contributed by atoms with Crippen LogP contribution in [0.4, 0.5) is 23.4 Å². The first-order valence-electron chi connectivity index (χ1n) is 11.8. The number of fused-ring (bicyclic) bond motifs is 1. The van der Waals surface area contributed by atoms with Crippen LogP contribution in [0.3, 0.4) is 0 Å². The minimum Gasteiger partial charge on any atom is -0.619 e. The third-order valence-corrected chi connectivity index (χ3v) is 7.15. The largest absolute Gasteiger partial charge is 0.619 e. The number of hydrogen-bond donors (Lipinski definition) is 1. The van der Waals surface area contributed by atoms with Crippen molar-refractivity contribution in [3.05, 3.63) is 82.5 Å². The molecule has 11 heteroatoms. The maximum Gasteiger partial charge on any atom is 0.257 e. The molecule has 1 saturated heterocycles. The highest BCUT2D eigenvalue weighted by Crippen LogP contribution is 2.41. The monoisotopic (exact) mass is 503 g/mol. The van der Waals surface area contributed by atoms with Crippen molar-refractivity contribution in [2.75, 3.05) is 18.4 Å². The van der Waals surface area contributed by atoms with Gasteiger partial charge in [-0.3, -0.25) is 14.4 Å². The second-order valence-corrected chi connectivity index (χ2v) is 9.44. The number of halogens is 4. The van der Waals surface area contributed by atoms with Gasteiger partial charge in [0.2, 0.25) is 5.91 Å². The molecule has 36 heavy (non-hydrogen) atoms. The molecule has 3 aromatic rings. The van der Waals surface area contributed by atoms with Crippen LogP contribution < -0.4 is 10.0 Å². The Hall–Kier alpha value is -3.47. The van der Waals surface area contributed by atoms with E-state index in [4.69, 9.17) is 0 Å². The fourth-order valence-corrected chi connectivity index (χ4v) is 5.15. The van der Waals surface area contributed by atoms with Gasteiger partial charge in [0.15, 0.2) is 18.2 Å². The number of nitrogens with zero attached hydrogens (tertiary/aromatic N) is 4. The minimum atomic E-state index is -2.96. The molecule has 2 aromatic heterocycles. The predicted octanol–water partition coefficient (Wildman–Crippen LogP) is 3.78. The van der Waals surface area contributed by atoms with E-state index in [1.807, 2.05) is 0 Å². The fourth-order valence-electron chi connectivity index (χ4n) is 5.15. The van der Waals surface area contributed by atoms with E-state index in [1.165, 1.54) is 36.7 Å². The van der Waals surface area contributed by atoms with Crippen LogP contribution in [0.15, 0.2) is 48.8 Å². The third-order valence-electron chi connectivity index (χ3n) is 7.15. The molecule has 2 aliphatic rings. The third kappa shape index (κ3) is 4.67. The zero-order valence-corrected chi connectivity index (χ0v) is 19.5. The Balaban J connectivity index is 1.28. The van der Waals surface area contributed by atoms with Crippen LogP contribution in [0, 0.1) is 16.8 Å². The molecule has 1 aromatic carbocycles. The highest BCUT2D eigenvalue weighted by molar-refractivity contribution is 5.93. The first-order valence-corrected chi connectivity index (χ1v) is 11.8. The van der Waals surface area contributed by atoms with Crippen molar-refractivity contribution in [3.63, 3.8) is 0 Å². The summed E-state index contributed by atoms with van der Waals surface area (Å²) in [5, 5.41) is 18.5. The molecule has 7 nitrogen and oxygen atoms in total. The maximum atomic E-state index is 14.7. The number of amides is 1. The highest BCUT2D eigenvalue weighted by Gasteiger charge is 2.46. The average molecular weight is 504 g/mol. The summed E-state index contributed by atoms with van der Waals surface area (Å²) in [5.74, 6) is -5.77. The first kappa shape index (κ1) is 24.2. The lowest BCUT2D eigenvalue weighted by molar-refractivity contribution is -0.605. The number of alkyl halides is 2. The van der Waals surface area contributed by atoms with E-state index in [2.05, 4.69) is 10.4 Å². The number of carbonyl (C=O) groups excluding carboxylic acids is 1. The maximum absolute atomic E-state index is 14.7. The van der Waals surface area contributed by atoms with Gasteiger partial charge >= 0.3 is 0 Å². The summed E-state index contributed by atoms with van der Waals surface area (Å²) in [7, 11) is 0. The van der Waals surface area contributed by atoms with Gasteiger partial charge in [0.25, 0.3) is 5.92 Å². The van der Waals surface area contributed by atoms with Crippen molar-refractivity contribution in [2.45, 2.75) is 50.1 Å². The molecule has 3 atom stereocenters. The number of piperidine rings is 1. The van der Waals surface area contributed by atoms with E-state index >= 15 is 0 Å². The van der Waals surface area contributed by atoms with Crippen LogP contribution in [-0.4, -0.2) is 45.6 Å². The molecule has 0 spiro atoms. The Bertz CT molecular complexity index is 1260. The molecule has 1 N–H and O–H groups in total. The van der Waals surface area contributed by atoms with Crippen LogP contribution in [-0.2, 0) is 11.3 Å². The molecule has 5 rings (SSSR count). The Kier molecular flexibility index (Phi) is 6.19. The molecular weight excluding hydrogens is 478 g/mol. The van der Waals surface area contributed by atoms with Crippen molar-refractivity contribution >= 4 is 11.7 Å². The summed E-state index contributed by atoms with van der Waals surface area (Å²) in [4.78, 5) is 14.7. The number of carbonyl (C=O) groups is 1. The second-order valence-electron chi connectivity index (χ2n) is 9.44. The standard InChI is InChI=1S/C25H25F4N5O2/c1-15(32-9-5-25(28,29)21(14-32)16-2-6-33(36)7-3-16)24(35)30-23-13-22-20(4-8-34(22)31-23)17-10-18(26)12-19(27)11-17/h2-3,6-7,10-13,15,20-21H,4-5,8-9,14H2,1H3,(H,30,31,35)/t15-,20?,21+/m0/s1. The number of anilines is 1. The lowest BCUT2D eigenvalue weighted by Gasteiger charge is -2.40. The molecule has 1 amide bonds. The van der Waals surface area contributed by atoms with Gasteiger partial charge in [0.05, 0.1) is 12.0 Å². The minimum absolute atomic E-state index is 0.0410. The Morgan fingerprint density at radius 1 is 1.14 bits per heavy atom. The van der Waals surface area contributed by atoms with Crippen molar-refractivity contribution in [2.24, 2.45) is 0 Å². The molecule has 0 radical (unpaired) electrons. The molecule has 0 aliphatic carbocycles. The first-order chi connectivity index (χ1) is 17.1. The van der Waals surface area contributed by atoms with Gasteiger partial charge in [-0.1, -0.05) is 0 Å². The van der Waals surface area contributed by atoms with Gasteiger partial charge in [-0.25, -0.2) is 17.6 Å². The number of nitrogens with one attached hydrogen (secondary N) is 1. The summed E-state index contributed by atoms with van der Waals surface area (Å²) in [6, 6.07) is 7.15. The van der Waals surface area contributed by atoms with Crippen LogP contribution >= 0.6 is 0 Å². The molecule has 1 unspecified atom stereocenters. The molecule has 0 bridgehead atoms. The molecule has 0 saturated carbocycles. The van der Waals surface area contributed by atoms with Gasteiger partial charge in [-0.05, 0) is 36.6 Å². The predicted molar refractivity (Wildman–Crippen MR) is 122 cm³/mol. The van der Waals surface area contributed by atoms with E-state index < -0.39 is 41.8 Å². The lowest BCUT2D eigenvalue weighted by atomic mass is 9.87. The highest BCUT2D eigenvalue weighted by atomic mass is 19.3. The smallest absolute Gasteiger partial charge is 0.257 e. The Morgan fingerprint density at radius 2 is 1.83 bits per heavy atom. The molecule has 1 fully saturated rings. The molecule has 2 aliphatic heterocycles. The number of aromatic nitrogens is 3. The average Bonchev–Trinajstić information content (AvgIpc) is 3.39. The van der Waals surface area contributed by atoms with E-state index in [1.54, 1.807) is 22.6 Å². The Morgan fingerprint density at radius 3 is 2.53 bits per heavy atom. The van der Waals surface area contributed by atoms with Crippen LogP contribution in [0.1, 0.15) is 48.4 Å². The number of benzene rings is 1. The van der Waals surface area contributed by atoms with Crippen LogP contribution in [0.5, 0.6) is 0 Å². The summed E-state index contributed by atoms with van der Waals surface area (Å²) < 4.78 is 59.0. The van der Waals surface area contributed by atoms with E-state index in [-0.39, 0.29) is 19.0 Å². The van der Waals surface area contributed by atoms with Gasteiger partial charge in [-0.15, -0.1) is 0 Å². The van der Waals surface area contributed by atoms with Gasteiger partial charge in [0.1, 0.15) is 11.6 Å². The van der Waals surface area contributed by atoms with E-state index in [9.17, 15) is 27.6 Å². The number of rotatable bonds is 5. The summed E-state index contributed by atoms with van der Waals surface area (Å²) in [6.45, 7) is 2.18.